The van der Waals surface area contributed by atoms with E-state index in [1.165, 1.54) is 18.4 Å². The van der Waals surface area contributed by atoms with E-state index in [1.807, 2.05) is 0 Å². The van der Waals surface area contributed by atoms with Gasteiger partial charge in [-0.3, -0.25) is 9.52 Å². The van der Waals surface area contributed by atoms with Gasteiger partial charge in [-0.05, 0) is 28.9 Å². The standard InChI is InChI=1S/C11H11BrN2O4S3/c1-6-8(4-9(12)20-6)21(16,17)14-11-13-7(5-19-11)3-10(15)18-2/h4-5H,3H2,1-2H3,(H,13,14). The average molecular weight is 411 g/mol. The topological polar surface area (TPSA) is 85.4 Å². The summed E-state index contributed by atoms with van der Waals surface area (Å²) in [5, 5.41) is 1.83. The van der Waals surface area contributed by atoms with Gasteiger partial charge >= 0.3 is 5.97 Å². The van der Waals surface area contributed by atoms with Gasteiger partial charge in [-0.25, -0.2) is 13.4 Å². The molecule has 0 fully saturated rings. The summed E-state index contributed by atoms with van der Waals surface area (Å²) in [6, 6.07) is 1.55. The first-order valence-electron chi connectivity index (χ1n) is 5.62. The minimum absolute atomic E-state index is 0.0117. The fraction of sp³-hybridized carbons (Fsp3) is 0.273. The summed E-state index contributed by atoms with van der Waals surface area (Å²) in [6.07, 6.45) is 0.0117. The number of aromatic nitrogens is 1. The van der Waals surface area contributed by atoms with Crippen LogP contribution in [0, 0.1) is 6.92 Å². The molecule has 0 aromatic carbocycles. The molecule has 0 saturated carbocycles. The molecule has 2 heterocycles. The van der Waals surface area contributed by atoms with Crippen molar-refractivity contribution in [1.82, 2.24) is 4.98 Å². The molecule has 0 aliphatic carbocycles. The minimum atomic E-state index is -3.68. The third-order valence-corrected chi connectivity index (χ3v) is 6.54. The molecule has 21 heavy (non-hydrogen) atoms. The summed E-state index contributed by atoms with van der Waals surface area (Å²) >= 11 is 5.72. The van der Waals surface area contributed by atoms with Gasteiger partial charge in [0.1, 0.15) is 4.90 Å². The van der Waals surface area contributed by atoms with Crippen molar-refractivity contribution in [2.75, 3.05) is 11.8 Å². The first-order chi connectivity index (χ1) is 9.81. The Morgan fingerprint density at radius 3 is 2.81 bits per heavy atom. The Hall–Kier alpha value is -0.970. The Bertz CT molecular complexity index is 766. The lowest BCUT2D eigenvalue weighted by Gasteiger charge is -2.03. The Labute approximate surface area is 138 Å². The molecule has 0 spiro atoms. The summed E-state index contributed by atoms with van der Waals surface area (Å²) in [4.78, 5) is 16.1. The highest BCUT2D eigenvalue weighted by Crippen LogP contribution is 2.31. The van der Waals surface area contributed by atoms with E-state index < -0.39 is 16.0 Å². The first-order valence-corrected chi connectivity index (χ1v) is 9.59. The number of thiophene rings is 1. The molecule has 0 radical (unpaired) electrons. The molecule has 10 heteroatoms. The van der Waals surface area contributed by atoms with Crippen LogP contribution in [-0.4, -0.2) is 26.5 Å². The molecule has 114 valence electrons. The van der Waals surface area contributed by atoms with Crippen molar-refractivity contribution in [3.05, 3.63) is 25.8 Å². The SMILES string of the molecule is COC(=O)Cc1csc(NS(=O)(=O)c2cc(Br)sc2C)n1. The van der Waals surface area contributed by atoms with Gasteiger partial charge in [0, 0.05) is 10.3 Å². The molecule has 0 aliphatic rings. The highest BCUT2D eigenvalue weighted by Gasteiger charge is 2.21. The van der Waals surface area contributed by atoms with Gasteiger partial charge < -0.3 is 4.74 Å². The van der Waals surface area contributed by atoms with E-state index in [9.17, 15) is 13.2 Å². The number of rotatable bonds is 5. The summed E-state index contributed by atoms with van der Waals surface area (Å²) < 4.78 is 32.2. The largest absolute Gasteiger partial charge is 0.469 e. The number of nitrogens with one attached hydrogen (secondary N) is 1. The Morgan fingerprint density at radius 1 is 1.52 bits per heavy atom. The number of anilines is 1. The van der Waals surface area contributed by atoms with Crippen LogP contribution >= 0.6 is 38.6 Å². The number of methoxy groups -OCH3 is 1. The van der Waals surface area contributed by atoms with Crippen LogP contribution in [-0.2, 0) is 26.0 Å². The van der Waals surface area contributed by atoms with E-state index in [2.05, 4.69) is 30.4 Å². The van der Waals surface area contributed by atoms with Crippen LogP contribution in [0.25, 0.3) is 0 Å². The van der Waals surface area contributed by atoms with E-state index in [1.54, 1.807) is 18.4 Å². The molecule has 0 unspecified atom stereocenters. The summed E-state index contributed by atoms with van der Waals surface area (Å²) in [6.45, 7) is 1.73. The molecule has 2 aromatic heterocycles. The lowest BCUT2D eigenvalue weighted by molar-refractivity contribution is -0.139. The molecule has 1 N–H and O–H groups in total. The highest BCUT2D eigenvalue weighted by atomic mass is 79.9. The molecule has 0 saturated heterocycles. The second-order valence-corrected chi connectivity index (χ2v) is 9.12. The normalized spacial score (nSPS) is 11.4. The highest BCUT2D eigenvalue weighted by molar-refractivity contribution is 9.11. The van der Waals surface area contributed by atoms with Crippen molar-refractivity contribution < 1.29 is 17.9 Å². The second kappa shape index (κ2) is 6.42. The van der Waals surface area contributed by atoms with Crippen LogP contribution in [0.3, 0.4) is 0 Å². The molecule has 2 rings (SSSR count). The van der Waals surface area contributed by atoms with Crippen molar-refractivity contribution >= 4 is 59.7 Å². The number of nitrogens with zero attached hydrogens (tertiary/aromatic N) is 1. The Morgan fingerprint density at radius 2 is 2.24 bits per heavy atom. The maximum absolute atomic E-state index is 12.3. The van der Waals surface area contributed by atoms with Crippen molar-refractivity contribution in [2.45, 2.75) is 18.2 Å². The van der Waals surface area contributed by atoms with Gasteiger partial charge in [0.25, 0.3) is 10.0 Å². The molecule has 0 aliphatic heterocycles. The molecule has 0 atom stereocenters. The number of hydrogen-bond donors (Lipinski definition) is 1. The third kappa shape index (κ3) is 4.02. The van der Waals surface area contributed by atoms with E-state index >= 15 is 0 Å². The number of carbonyl (C=O) groups excluding carboxylic acids is 1. The maximum atomic E-state index is 12.3. The fourth-order valence-electron chi connectivity index (χ4n) is 1.52. The van der Waals surface area contributed by atoms with E-state index in [-0.39, 0.29) is 16.4 Å². The molecule has 2 aromatic rings. The van der Waals surface area contributed by atoms with Crippen molar-refractivity contribution in [3.8, 4) is 0 Å². The lowest BCUT2D eigenvalue weighted by atomic mass is 10.3. The summed E-state index contributed by atoms with van der Waals surface area (Å²) in [5.41, 5.74) is 0.466. The molecule has 0 bridgehead atoms. The van der Waals surface area contributed by atoms with Crippen LogP contribution in [0.15, 0.2) is 20.1 Å². The summed E-state index contributed by atoms with van der Waals surface area (Å²) in [5.74, 6) is -0.424. The van der Waals surface area contributed by atoms with Gasteiger partial charge in [-0.2, -0.15) is 0 Å². The van der Waals surface area contributed by atoms with E-state index in [4.69, 9.17) is 0 Å². The zero-order chi connectivity index (χ0) is 15.6. The number of thiazole rings is 1. The molecular formula is C11H11BrN2O4S3. The third-order valence-electron chi connectivity index (χ3n) is 2.46. The van der Waals surface area contributed by atoms with Crippen molar-refractivity contribution in [3.63, 3.8) is 0 Å². The number of ether oxygens (including phenoxy) is 1. The van der Waals surface area contributed by atoms with E-state index in [0.717, 1.165) is 15.1 Å². The average Bonchev–Trinajstić information content (AvgIpc) is 2.95. The maximum Gasteiger partial charge on any atom is 0.311 e. The lowest BCUT2D eigenvalue weighted by Crippen LogP contribution is -2.13. The van der Waals surface area contributed by atoms with Crippen LogP contribution in [0.1, 0.15) is 10.6 Å². The summed E-state index contributed by atoms with van der Waals surface area (Å²) in [7, 11) is -2.39. The van der Waals surface area contributed by atoms with Gasteiger partial charge in [-0.1, -0.05) is 0 Å². The van der Waals surface area contributed by atoms with Gasteiger partial charge in [0.05, 0.1) is 23.0 Å². The smallest absolute Gasteiger partial charge is 0.311 e. The Kier molecular flexibility index (Phi) is 5.02. The minimum Gasteiger partial charge on any atom is -0.469 e. The number of esters is 1. The van der Waals surface area contributed by atoms with Crippen LogP contribution < -0.4 is 4.72 Å². The fourth-order valence-corrected chi connectivity index (χ4v) is 5.90. The van der Waals surface area contributed by atoms with Gasteiger partial charge in [-0.15, -0.1) is 22.7 Å². The number of carbonyl (C=O) groups is 1. The predicted molar refractivity (Wildman–Crippen MR) is 85.4 cm³/mol. The first kappa shape index (κ1) is 16.4. The Balaban J connectivity index is 2.18. The molecular weight excluding hydrogens is 400 g/mol. The van der Waals surface area contributed by atoms with Gasteiger partial charge in [0.2, 0.25) is 0 Å². The molecule has 6 nitrogen and oxygen atoms in total. The quantitative estimate of drug-likeness (QED) is 0.765. The predicted octanol–water partition coefficient (Wildman–Crippen LogP) is 2.79. The number of aryl methyl sites for hydroxylation is 1. The monoisotopic (exact) mass is 410 g/mol. The number of sulfonamides is 1. The van der Waals surface area contributed by atoms with Crippen molar-refractivity contribution in [2.24, 2.45) is 0 Å². The second-order valence-electron chi connectivity index (χ2n) is 3.97. The number of halogens is 1. The van der Waals surface area contributed by atoms with Gasteiger partial charge in [0.15, 0.2) is 5.13 Å². The zero-order valence-corrected chi connectivity index (χ0v) is 15.1. The van der Waals surface area contributed by atoms with Crippen LogP contribution in [0.5, 0.6) is 0 Å². The molecule has 0 amide bonds. The van der Waals surface area contributed by atoms with Crippen LogP contribution in [0.4, 0.5) is 5.13 Å². The van der Waals surface area contributed by atoms with E-state index in [0.29, 0.717) is 10.6 Å². The van der Waals surface area contributed by atoms with Crippen LogP contribution in [0.2, 0.25) is 0 Å². The zero-order valence-electron chi connectivity index (χ0n) is 11.0. The van der Waals surface area contributed by atoms with Crippen molar-refractivity contribution in [1.29, 1.82) is 0 Å². The number of hydrogen-bond acceptors (Lipinski definition) is 7.